The van der Waals surface area contributed by atoms with Crippen molar-refractivity contribution in [3.63, 3.8) is 0 Å². The molecule has 0 amide bonds. The van der Waals surface area contributed by atoms with Crippen molar-refractivity contribution in [3.8, 4) is 0 Å². The van der Waals surface area contributed by atoms with Gasteiger partial charge >= 0.3 is 0 Å². The van der Waals surface area contributed by atoms with Gasteiger partial charge in [-0.05, 0) is 30.7 Å². The molecule has 2 rings (SSSR count). The van der Waals surface area contributed by atoms with Crippen LogP contribution in [-0.2, 0) is 11.2 Å². The largest absolute Gasteiger partial charge is 0.475 e. The first-order valence-corrected chi connectivity index (χ1v) is 6.71. The van der Waals surface area contributed by atoms with Crippen molar-refractivity contribution in [3.05, 3.63) is 34.3 Å². The van der Waals surface area contributed by atoms with Crippen molar-refractivity contribution < 1.29 is 4.74 Å². The summed E-state index contributed by atoms with van der Waals surface area (Å²) in [6.07, 6.45) is 2.92. The third-order valence-corrected chi connectivity index (χ3v) is 3.21. The van der Waals surface area contributed by atoms with E-state index >= 15 is 0 Å². The Morgan fingerprint density at radius 2 is 2.35 bits per heavy atom. The lowest BCUT2D eigenvalue weighted by Crippen LogP contribution is -2.16. The standard InChI is InChI=1S/C13H17BrN2O/c14-11-4-1-3-10(7-11)8-12-9-16-13(17-12)5-2-6-15/h1,3-4,7,12H,2,5-6,8-9,15H2. The Balaban J connectivity index is 1.83. The summed E-state index contributed by atoms with van der Waals surface area (Å²) in [7, 11) is 0. The van der Waals surface area contributed by atoms with E-state index in [2.05, 4.69) is 33.1 Å². The fourth-order valence-corrected chi connectivity index (χ4v) is 2.34. The van der Waals surface area contributed by atoms with Crippen LogP contribution in [0, 0.1) is 0 Å². The van der Waals surface area contributed by atoms with E-state index in [0.717, 1.165) is 36.2 Å². The third kappa shape index (κ3) is 3.82. The van der Waals surface area contributed by atoms with Crippen LogP contribution in [0.3, 0.4) is 0 Å². The highest BCUT2D eigenvalue weighted by atomic mass is 79.9. The Labute approximate surface area is 110 Å². The molecule has 92 valence electrons. The van der Waals surface area contributed by atoms with E-state index in [1.807, 2.05) is 12.1 Å². The first-order chi connectivity index (χ1) is 8.28. The molecule has 0 bridgehead atoms. The molecule has 0 fully saturated rings. The van der Waals surface area contributed by atoms with E-state index in [9.17, 15) is 0 Å². The van der Waals surface area contributed by atoms with Gasteiger partial charge in [-0.3, -0.25) is 4.99 Å². The topological polar surface area (TPSA) is 47.6 Å². The van der Waals surface area contributed by atoms with Crippen LogP contribution < -0.4 is 5.73 Å². The lowest BCUT2D eigenvalue weighted by molar-refractivity contribution is 0.218. The van der Waals surface area contributed by atoms with Gasteiger partial charge < -0.3 is 10.5 Å². The SMILES string of the molecule is NCCCC1=NCC(Cc2cccc(Br)c2)O1. The van der Waals surface area contributed by atoms with Gasteiger partial charge in [-0.15, -0.1) is 0 Å². The molecule has 1 atom stereocenters. The van der Waals surface area contributed by atoms with Gasteiger partial charge in [-0.2, -0.15) is 0 Å². The first kappa shape index (κ1) is 12.6. The van der Waals surface area contributed by atoms with Crippen molar-refractivity contribution in [2.75, 3.05) is 13.1 Å². The van der Waals surface area contributed by atoms with E-state index in [-0.39, 0.29) is 6.10 Å². The predicted octanol–water partition coefficient (Wildman–Crippen LogP) is 2.53. The zero-order valence-corrected chi connectivity index (χ0v) is 11.3. The van der Waals surface area contributed by atoms with Crippen molar-refractivity contribution >= 4 is 21.8 Å². The fourth-order valence-electron chi connectivity index (χ4n) is 1.89. The lowest BCUT2D eigenvalue weighted by atomic mass is 10.1. The molecular formula is C13H17BrN2O. The maximum Gasteiger partial charge on any atom is 0.183 e. The molecule has 17 heavy (non-hydrogen) atoms. The predicted molar refractivity (Wildman–Crippen MR) is 73.3 cm³/mol. The minimum absolute atomic E-state index is 0.192. The molecule has 0 aromatic heterocycles. The smallest absolute Gasteiger partial charge is 0.183 e. The molecule has 1 aliphatic rings. The van der Waals surface area contributed by atoms with Crippen LogP contribution >= 0.6 is 15.9 Å². The van der Waals surface area contributed by atoms with Crippen molar-refractivity contribution in [2.24, 2.45) is 10.7 Å². The molecule has 4 heteroatoms. The molecule has 1 aromatic rings. The van der Waals surface area contributed by atoms with Gasteiger partial charge in [0.2, 0.25) is 0 Å². The van der Waals surface area contributed by atoms with Crippen molar-refractivity contribution in [2.45, 2.75) is 25.4 Å². The molecule has 0 saturated heterocycles. The Morgan fingerprint density at radius 1 is 1.47 bits per heavy atom. The Hall–Kier alpha value is -0.870. The molecule has 1 heterocycles. The zero-order chi connectivity index (χ0) is 12.1. The molecular weight excluding hydrogens is 280 g/mol. The highest BCUT2D eigenvalue weighted by molar-refractivity contribution is 9.10. The second-order valence-electron chi connectivity index (χ2n) is 4.20. The number of hydrogen-bond acceptors (Lipinski definition) is 3. The molecule has 0 spiro atoms. The van der Waals surface area contributed by atoms with Gasteiger partial charge in [0.15, 0.2) is 5.90 Å². The highest BCUT2D eigenvalue weighted by Crippen LogP contribution is 2.17. The maximum atomic E-state index is 5.79. The van der Waals surface area contributed by atoms with Crippen LogP contribution in [-0.4, -0.2) is 25.1 Å². The Kier molecular flexibility index (Phi) is 4.57. The average Bonchev–Trinajstić information content (AvgIpc) is 2.74. The van der Waals surface area contributed by atoms with Gasteiger partial charge in [0.25, 0.3) is 0 Å². The average molecular weight is 297 g/mol. The second-order valence-corrected chi connectivity index (χ2v) is 5.12. The van der Waals surface area contributed by atoms with Crippen LogP contribution in [0.5, 0.6) is 0 Å². The monoisotopic (exact) mass is 296 g/mol. The summed E-state index contributed by atoms with van der Waals surface area (Å²) in [5.74, 6) is 0.871. The molecule has 2 N–H and O–H groups in total. The van der Waals surface area contributed by atoms with E-state index in [4.69, 9.17) is 10.5 Å². The number of nitrogens with zero attached hydrogens (tertiary/aromatic N) is 1. The second kappa shape index (κ2) is 6.17. The van der Waals surface area contributed by atoms with Gasteiger partial charge in [0.1, 0.15) is 6.10 Å². The van der Waals surface area contributed by atoms with Crippen LogP contribution in [0.25, 0.3) is 0 Å². The summed E-state index contributed by atoms with van der Waals surface area (Å²) in [5, 5.41) is 0. The molecule has 1 aromatic carbocycles. The van der Waals surface area contributed by atoms with Crippen LogP contribution in [0.1, 0.15) is 18.4 Å². The van der Waals surface area contributed by atoms with Gasteiger partial charge in [-0.25, -0.2) is 0 Å². The van der Waals surface area contributed by atoms with E-state index < -0.39 is 0 Å². The van der Waals surface area contributed by atoms with Gasteiger partial charge in [0, 0.05) is 17.3 Å². The number of halogens is 1. The summed E-state index contributed by atoms with van der Waals surface area (Å²) in [4.78, 5) is 4.40. The fraction of sp³-hybridized carbons (Fsp3) is 0.462. The van der Waals surface area contributed by atoms with Gasteiger partial charge in [0.05, 0.1) is 6.54 Å². The summed E-state index contributed by atoms with van der Waals surface area (Å²) < 4.78 is 6.90. The van der Waals surface area contributed by atoms with E-state index in [1.165, 1.54) is 5.56 Å². The minimum atomic E-state index is 0.192. The van der Waals surface area contributed by atoms with Crippen LogP contribution in [0.2, 0.25) is 0 Å². The Morgan fingerprint density at radius 3 is 3.12 bits per heavy atom. The summed E-state index contributed by atoms with van der Waals surface area (Å²) >= 11 is 3.47. The highest BCUT2D eigenvalue weighted by Gasteiger charge is 2.19. The van der Waals surface area contributed by atoms with E-state index in [1.54, 1.807) is 0 Å². The number of hydrogen-bond donors (Lipinski definition) is 1. The summed E-state index contributed by atoms with van der Waals surface area (Å²) in [5.41, 5.74) is 6.74. The van der Waals surface area contributed by atoms with Crippen LogP contribution in [0.15, 0.2) is 33.7 Å². The number of benzene rings is 1. The minimum Gasteiger partial charge on any atom is -0.475 e. The molecule has 0 saturated carbocycles. The number of rotatable bonds is 5. The molecule has 1 unspecified atom stereocenters. The van der Waals surface area contributed by atoms with Crippen LogP contribution in [0.4, 0.5) is 0 Å². The van der Waals surface area contributed by atoms with Crippen molar-refractivity contribution in [1.82, 2.24) is 0 Å². The zero-order valence-electron chi connectivity index (χ0n) is 9.73. The first-order valence-electron chi connectivity index (χ1n) is 5.92. The lowest BCUT2D eigenvalue weighted by Gasteiger charge is -2.11. The molecule has 0 radical (unpaired) electrons. The third-order valence-electron chi connectivity index (χ3n) is 2.72. The molecule has 0 aliphatic carbocycles. The number of ether oxygens (including phenoxy) is 1. The van der Waals surface area contributed by atoms with Gasteiger partial charge in [-0.1, -0.05) is 28.1 Å². The molecule has 3 nitrogen and oxygen atoms in total. The maximum absolute atomic E-state index is 5.79. The van der Waals surface area contributed by atoms with Crippen molar-refractivity contribution in [1.29, 1.82) is 0 Å². The Bertz CT molecular complexity index is 406. The summed E-state index contributed by atoms with van der Waals surface area (Å²) in [6, 6.07) is 8.32. The van der Waals surface area contributed by atoms with E-state index in [0.29, 0.717) is 6.54 Å². The summed E-state index contributed by atoms with van der Waals surface area (Å²) in [6.45, 7) is 1.46. The molecule has 1 aliphatic heterocycles. The quantitative estimate of drug-likeness (QED) is 0.908. The number of nitrogens with two attached hydrogens (primary N) is 1. The normalized spacial score (nSPS) is 18.9. The number of aliphatic imine (C=N–C) groups is 1.